The van der Waals surface area contributed by atoms with Crippen molar-refractivity contribution in [1.82, 2.24) is 19.6 Å². The van der Waals surface area contributed by atoms with Gasteiger partial charge in [0, 0.05) is 32.0 Å². The summed E-state index contributed by atoms with van der Waals surface area (Å²) in [7, 11) is 0. The fourth-order valence-electron chi connectivity index (χ4n) is 4.16. The normalized spacial score (nSPS) is 17.2. The maximum atomic E-state index is 12.7. The van der Waals surface area contributed by atoms with Crippen LogP contribution in [-0.4, -0.2) is 33.3 Å². The third-order valence-electron chi connectivity index (χ3n) is 5.79. The van der Waals surface area contributed by atoms with E-state index in [0.717, 1.165) is 36.7 Å². The van der Waals surface area contributed by atoms with Crippen LogP contribution < -0.4 is 10.9 Å². The summed E-state index contributed by atoms with van der Waals surface area (Å²) < 4.78 is 1.43. The smallest absolute Gasteiger partial charge is 0.270 e. The largest absolute Gasteiger partial charge is 0.348 e. The molecule has 0 spiro atoms. The van der Waals surface area contributed by atoms with Gasteiger partial charge in [0.2, 0.25) is 0 Å². The molecule has 1 saturated heterocycles. The molecule has 2 aromatic heterocycles. The second-order valence-corrected chi connectivity index (χ2v) is 8.35. The van der Waals surface area contributed by atoms with Gasteiger partial charge in [-0.3, -0.25) is 18.9 Å². The van der Waals surface area contributed by atoms with Gasteiger partial charge in [-0.25, -0.2) is 4.98 Å². The zero-order chi connectivity index (χ0) is 21.1. The highest BCUT2D eigenvalue weighted by Crippen LogP contribution is 2.19. The lowest BCUT2D eigenvalue weighted by Crippen LogP contribution is -2.34. The molecule has 1 amide bonds. The molecule has 30 heavy (non-hydrogen) atoms. The summed E-state index contributed by atoms with van der Waals surface area (Å²) in [4.78, 5) is 32.2. The first-order valence-electron chi connectivity index (χ1n) is 10.6. The predicted molar refractivity (Wildman–Crippen MR) is 117 cm³/mol. The van der Waals surface area contributed by atoms with E-state index in [1.54, 1.807) is 12.3 Å². The zero-order valence-corrected chi connectivity index (χ0v) is 17.6. The predicted octanol–water partition coefficient (Wildman–Crippen LogP) is 3.16. The number of amides is 1. The number of pyridine rings is 1. The van der Waals surface area contributed by atoms with Crippen LogP contribution in [0.3, 0.4) is 0 Å². The van der Waals surface area contributed by atoms with E-state index in [4.69, 9.17) is 0 Å². The molecule has 3 heterocycles. The summed E-state index contributed by atoms with van der Waals surface area (Å²) in [6.07, 6.45) is 5.60. The summed E-state index contributed by atoms with van der Waals surface area (Å²) in [5, 5.41) is 2.91. The van der Waals surface area contributed by atoms with Gasteiger partial charge in [0.25, 0.3) is 11.5 Å². The molecule has 6 nitrogen and oxygen atoms in total. The molecule has 0 radical (unpaired) electrons. The van der Waals surface area contributed by atoms with Crippen LogP contribution in [0.15, 0.2) is 53.6 Å². The van der Waals surface area contributed by atoms with E-state index in [1.165, 1.54) is 29.0 Å². The Labute approximate surface area is 176 Å². The van der Waals surface area contributed by atoms with Crippen molar-refractivity contribution in [3.05, 3.63) is 81.4 Å². The molecule has 1 atom stereocenters. The maximum Gasteiger partial charge on any atom is 0.270 e. The van der Waals surface area contributed by atoms with Crippen LogP contribution in [0.5, 0.6) is 0 Å². The molecule has 3 aromatic rings. The van der Waals surface area contributed by atoms with Crippen LogP contribution in [0.4, 0.5) is 0 Å². The SMILES string of the molecule is Cc1ccc2ncc(C(=O)NCc3ccccc3CN3CCCC(C)C3)c(=O)n2c1. The van der Waals surface area contributed by atoms with Gasteiger partial charge in [0.1, 0.15) is 11.2 Å². The van der Waals surface area contributed by atoms with E-state index < -0.39 is 5.91 Å². The summed E-state index contributed by atoms with van der Waals surface area (Å²) in [6.45, 7) is 7.70. The summed E-state index contributed by atoms with van der Waals surface area (Å²) >= 11 is 0. The standard InChI is InChI=1S/C24H28N4O2/c1-17-6-5-11-27(14-17)16-20-8-4-3-7-19(20)12-26-23(29)21-13-25-22-10-9-18(2)15-28(22)24(21)30/h3-4,7-10,13,15,17H,5-6,11-12,14,16H2,1-2H3,(H,26,29). The number of likely N-dealkylation sites (tertiary alicyclic amines) is 1. The fraction of sp³-hybridized carbons (Fsp3) is 0.375. The number of fused-ring (bicyclic) bond motifs is 1. The third kappa shape index (κ3) is 4.44. The average molecular weight is 405 g/mol. The van der Waals surface area contributed by atoms with Crippen molar-refractivity contribution in [2.75, 3.05) is 13.1 Å². The molecule has 156 valence electrons. The molecule has 1 unspecified atom stereocenters. The Kier molecular flexibility index (Phi) is 5.95. The van der Waals surface area contributed by atoms with Gasteiger partial charge < -0.3 is 5.32 Å². The molecule has 0 saturated carbocycles. The molecule has 0 bridgehead atoms. The number of carbonyl (C=O) groups is 1. The lowest BCUT2D eigenvalue weighted by Gasteiger charge is -2.31. The summed E-state index contributed by atoms with van der Waals surface area (Å²) in [6, 6.07) is 11.8. The summed E-state index contributed by atoms with van der Waals surface area (Å²) in [5.74, 6) is 0.326. The van der Waals surface area contributed by atoms with E-state index in [0.29, 0.717) is 12.2 Å². The lowest BCUT2D eigenvalue weighted by molar-refractivity contribution is 0.0948. The second-order valence-electron chi connectivity index (χ2n) is 8.35. The van der Waals surface area contributed by atoms with E-state index >= 15 is 0 Å². The fourth-order valence-corrected chi connectivity index (χ4v) is 4.16. The Morgan fingerprint density at radius 3 is 2.80 bits per heavy atom. The monoisotopic (exact) mass is 404 g/mol. The molecule has 6 heteroatoms. The maximum absolute atomic E-state index is 12.7. The number of hydrogen-bond acceptors (Lipinski definition) is 4. The Balaban J connectivity index is 1.49. The Hall–Kier alpha value is -2.99. The number of nitrogens with one attached hydrogen (secondary N) is 1. The highest BCUT2D eigenvalue weighted by atomic mass is 16.2. The lowest BCUT2D eigenvalue weighted by atomic mass is 9.99. The van der Waals surface area contributed by atoms with Crippen LogP contribution >= 0.6 is 0 Å². The number of benzene rings is 1. The van der Waals surface area contributed by atoms with Crippen molar-refractivity contribution in [2.24, 2.45) is 5.92 Å². The number of aryl methyl sites for hydroxylation is 1. The molecule has 1 fully saturated rings. The quantitative estimate of drug-likeness (QED) is 0.709. The van der Waals surface area contributed by atoms with Crippen molar-refractivity contribution in [3.63, 3.8) is 0 Å². The van der Waals surface area contributed by atoms with Gasteiger partial charge in [-0.05, 0) is 55.0 Å². The Morgan fingerprint density at radius 2 is 2.00 bits per heavy atom. The third-order valence-corrected chi connectivity index (χ3v) is 5.79. The molecular weight excluding hydrogens is 376 g/mol. The average Bonchev–Trinajstić information content (AvgIpc) is 2.74. The highest BCUT2D eigenvalue weighted by molar-refractivity contribution is 5.93. The van der Waals surface area contributed by atoms with Gasteiger partial charge >= 0.3 is 0 Å². The van der Waals surface area contributed by atoms with E-state index in [9.17, 15) is 9.59 Å². The van der Waals surface area contributed by atoms with Gasteiger partial charge in [0.15, 0.2) is 0 Å². The first-order chi connectivity index (χ1) is 14.5. The van der Waals surface area contributed by atoms with E-state index in [-0.39, 0.29) is 11.1 Å². The van der Waals surface area contributed by atoms with Crippen LogP contribution in [0, 0.1) is 12.8 Å². The Morgan fingerprint density at radius 1 is 1.20 bits per heavy atom. The van der Waals surface area contributed by atoms with Crippen LogP contribution in [-0.2, 0) is 13.1 Å². The zero-order valence-electron chi connectivity index (χ0n) is 17.6. The van der Waals surface area contributed by atoms with Crippen LogP contribution in [0.2, 0.25) is 0 Å². The minimum Gasteiger partial charge on any atom is -0.348 e. The van der Waals surface area contributed by atoms with Gasteiger partial charge in [-0.2, -0.15) is 0 Å². The molecule has 1 N–H and O–H groups in total. The molecule has 1 aliphatic heterocycles. The number of carbonyl (C=O) groups excluding carboxylic acids is 1. The van der Waals surface area contributed by atoms with E-state index in [1.807, 2.05) is 31.2 Å². The van der Waals surface area contributed by atoms with Crippen LogP contribution in [0.25, 0.3) is 5.65 Å². The minimum absolute atomic E-state index is 0.0560. The topological polar surface area (TPSA) is 66.7 Å². The number of hydrogen-bond donors (Lipinski definition) is 1. The van der Waals surface area contributed by atoms with Crippen molar-refractivity contribution in [2.45, 2.75) is 39.8 Å². The van der Waals surface area contributed by atoms with Gasteiger partial charge in [0.05, 0.1) is 0 Å². The molecule has 1 aromatic carbocycles. The first-order valence-corrected chi connectivity index (χ1v) is 10.6. The van der Waals surface area contributed by atoms with Crippen LogP contribution in [0.1, 0.15) is 46.8 Å². The Bertz CT molecular complexity index is 1120. The molecular formula is C24H28N4O2. The highest BCUT2D eigenvalue weighted by Gasteiger charge is 2.18. The van der Waals surface area contributed by atoms with Crippen molar-refractivity contribution < 1.29 is 4.79 Å². The minimum atomic E-state index is -0.398. The number of piperidine rings is 1. The molecule has 1 aliphatic rings. The van der Waals surface area contributed by atoms with Gasteiger partial charge in [-0.15, -0.1) is 0 Å². The molecule has 4 rings (SSSR count). The second kappa shape index (κ2) is 8.79. The van der Waals surface area contributed by atoms with Gasteiger partial charge in [-0.1, -0.05) is 37.3 Å². The van der Waals surface area contributed by atoms with Crippen molar-refractivity contribution >= 4 is 11.6 Å². The molecule has 0 aliphatic carbocycles. The van der Waals surface area contributed by atoms with Crippen molar-refractivity contribution in [1.29, 1.82) is 0 Å². The van der Waals surface area contributed by atoms with Crippen molar-refractivity contribution in [3.8, 4) is 0 Å². The first kappa shape index (κ1) is 20.3. The number of aromatic nitrogens is 2. The number of rotatable bonds is 5. The van der Waals surface area contributed by atoms with E-state index in [2.05, 4.69) is 28.2 Å². The summed E-state index contributed by atoms with van der Waals surface area (Å²) in [5.41, 5.74) is 3.47. The number of nitrogens with zero attached hydrogens (tertiary/aromatic N) is 3.